The Morgan fingerprint density at radius 2 is 1.93 bits per heavy atom. The molecule has 14 heavy (non-hydrogen) atoms. The van der Waals surface area contributed by atoms with Crippen molar-refractivity contribution in [2.45, 2.75) is 32.1 Å². The number of rotatable bonds is 1. The summed E-state index contributed by atoms with van der Waals surface area (Å²) in [5.41, 5.74) is 1.67. The summed E-state index contributed by atoms with van der Waals surface area (Å²) in [4.78, 5) is 11.7. The van der Waals surface area contributed by atoms with Crippen LogP contribution in [0.2, 0.25) is 0 Å². The van der Waals surface area contributed by atoms with Crippen LogP contribution in [0.25, 0.3) is 0 Å². The first-order valence-corrected chi connectivity index (χ1v) is 5.16. The largest absolute Gasteiger partial charge is 0.315 e. The molecule has 0 spiro atoms. The molecule has 1 aromatic rings. The Labute approximate surface area is 89.5 Å². The first-order chi connectivity index (χ1) is 6.38. The van der Waals surface area contributed by atoms with Gasteiger partial charge in [-0.1, -0.05) is 26.8 Å². The van der Waals surface area contributed by atoms with Gasteiger partial charge in [-0.15, -0.1) is 11.6 Å². The fourth-order valence-corrected chi connectivity index (χ4v) is 1.75. The Morgan fingerprint density at radius 1 is 1.36 bits per heavy atom. The molecular weight excluding hydrogens is 198 g/mol. The zero-order valence-corrected chi connectivity index (χ0v) is 9.85. The number of pyridine rings is 1. The second-order valence-electron chi connectivity index (χ2n) is 4.49. The van der Waals surface area contributed by atoms with Gasteiger partial charge < -0.3 is 4.57 Å². The van der Waals surface area contributed by atoms with Gasteiger partial charge in [0.15, 0.2) is 0 Å². The summed E-state index contributed by atoms with van der Waals surface area (Å²) in [7, 11) is 1.79. The van der Waals surface area contributed by atoms with Crippen molar-refractivity contribution in [2.75, 3.05) is 0 Å². The van der Waals surface area contributed by atoms with Crippen LogP contribution in [-0.2, 0) is 18.3 Å². The number of halogens is 1. The van der Waals surface area contributed by atoms with E-state index in [4.69, 9.17) is 11.6 Å². The van der Waals surface area contributed by atoms with Gasteiger partial charge in [0, 0.05) is 23.7 Å². The van der Waals surface area contributed by atoms with E-state index in [1.165, 1.54) is 0 Å². The maximum absolute atomic E-state index is 11.7. The van der Waals surface area contributed by atoms with E-state index in [1.54, 1.807) is 11.6 Å². The molecule has 0 N–H and O–H groups in total. The number of nitrogens with zero attached hydrogens (tertiary/aromatic N) is 1. The van der Waals surface area contributed by atoms with Gasteiger partial charge in [-0.25, -0.2) is 0 Å². The smallest absolute Gasteiger partial charge is 0.254 e. The summed E-state index contributed by atoms with van der Waals surface area (Å²) in [6, 6.07) is 3.79. The number of aromatic nitrogens is 1. The van der Waals surface area contributed by atoms with Crippen LogP contribution in [0.1, 0.15) is 32.0 Å². The highest BCUT2D eigenvalue weighted by molar-refractivity contribution is 6.17. The normalized spacial score (nSPS) is 11.8. The second-order valence-corrected chi connectivity index (χ2v) is 4.76. The lowest BCUT2D eigenvalue weighted by Gasteiger charge is -2.22. The van der Waals surface area contributed by atoms with Crippen molar-refractivity contribution in [2.24, 2.45) is 7.05 Å². The van der Waals surface area contributed by atoms with Crippen LogP contribution in [0.15, 0.2) is 16.9 Å². The zero-order chi connectivity index (χ0) is 10.9. The molecule has 0 aliphatic heterocycles. The average Bonchev–Trinajstić information content (AvgIpc) is 2.07. The Bertz CT molecular complexity index is 387. The van der Waals surface area contributed by atoms with Crippen molar-refractivity contribution in [3.8, 4) is 0 Å². The van der Waals surface area contributed by atoms with Crippen LogP contribution >= 0.6 is 11.6 Å². The molecule has 1 heterocycles. The van der Waals surface area contributed by atoms with Crippen LogP contribution in [0.3, 0.4) is 0 Å². The van der Waals surface area contributed by atoms with E-state index in [1.807, 2.05) is 12.1 Å². The quantitative estimate of drug-likeness (QED) is 0.657. The monoisotopic (exact) mass is 213 g/mol. The minimum Gasteiger partial charge on any atom is -0.315 e. The summed E-state index contributed by atoms with van der Waals surface area (Å²) in [6.45, 7) is 6.26. The third-order valence-electron chi connectivity index (χ3n) is 2.30. The molecule has 0 saturated carbocycles. The summed E-state index contributed by atoms with van der Waals surface area (Å²) in [6.07, 6.45) is 0. The highest BCUT2D eigenvalue weighted by Crippen LogP contribution is 2.20. The second kappa shape index (κ2) is 3.77. The van der Waals surface area contributed by atoms with Crippen LogP contribution in [-0.4, -0.2) is 4.57 Å². The molecule has 0 unspecified atom stereocenters. The summed E-state index contributed by atoms with van der Waals surface area (Å²) in [5.74, 6) is 0.275. The number of hydrogen-bond donors (Lipinski definition) is 0. The van der Waals surface area contributed by atoms with Crippen molar-refractivity contribution in [1.82, 2.24) is 4.57 Å². The standard InChI is InChI=1S/C11H16ClNO/c1-11(2,3)9-6-5-8(7-12)10(14)13(9)4/h5-6H,7H2,1-4H3. The van der Waals surface area contributed by atoms with E-state index in [0.717, 1.165) is 5.69 Å². The molecule has 78 valence electrons. The summed E-state index contributed by atoms with van der Waals surface area (Å²) in [5, 5.41) is 0. The van der Waals surface area contributed by atoms with Gasteiger partial charge in [0.1, 0.15) is 0 Å². The first kappa shape index (κ1) is 11.3. The lowest BCUT2D eigenvalue weighted by molar-refractivity contribution is 0.530. The Balaban J connectivity index is 3.40. The van der Waals surface area contributed by atoms with Crippen molar-refractivity contribution in [3.63, 3.8) is 0 Å². The van der Waals surface area contributed by atoms with Gasteiger partial charge in [-0.3, -0.25) is 4.79 Å². The van der Waals surface area contributed by atoms with E-state index in [0.29, 0.717) is 5.56 Å². The van der Waals surface area contributed by atoms with E-state index >= 15 is 0 Å². The molecule has 0 aliphatic carbocycles. The fraction of sp³-hybridized carbons (Fsp3) is 0.545. The Morgan fingerprint density at radius 3 is 2.36 bits per heavy atom. The third-order valence-corrected chi connectivity index (χ3v) is 2.58. The molecular formula is C11H16ClNO. The molecule has 0 radical (unpaired) electrons. The Kier molecular flexibility index (Phi) is 3.05. The molecule has 2 nitrogen and oxygen atoms in total. The summed E-state index contributed by atoms with van der Waals surface area (Å²) < 4.78 is 1.68. The van der Waals surface area contributed by atoms with Crippen molar-refractivity contribution < 1.29 is 0 Å². The van der Waals surface area contributed by atoms with Crippen LogP contribution in [0.5, 0.6) is 0 Å². The van der Waals surface area contributed by atoms with Crippen LogP contribution in [0, 0.1) is 0 Å². The van der Waals surface area contributed by atoms with Crippen molar-refractivity contribution in [3.05, 3.63) is 33.7 Å². The fourth-order valence-electron chi connectivity index (χ4n) is 1.54. The molecule has 0 atom stereocenters. The Hall–Kier alpha value is -0.760. The molecule has 0 fully saturated rings. The SMILES string of the molecule is Cn1c(C(C)(C)C)ccc(CCl)c1=O. The van der Waals surface area contributed by atoms with Crippen molar-refractivity contribution in [1.29, 1.82) is 0 Å². The van der Waals surface area contributed by atoms with E-state index in [-0.39, 0.29) is 16.9 Å². The molecule has 0 amide bonds. The average molecular weight is 214 g/mol. The zero-order valence-electron chi connectivity index (χ0n) is 9.10. The molecule has 3 heteroatoms. The molecule has 0 aliphatic rings. The first-order valence-electron chi connectivity index (χ1n) is 4.63. The predicted octanol–water partition coefficient (Wildman–Crippen LogP) is 2.42. The summed E-state index contributed by atoms with van der Waals surface area (Å²) >= 11 is 5.66. The molecule has 1 rings (SSSR count). The number of alkyl halides is 1. The molecule has 0 bridgehead atoms. The van der Waals surface area contributed by atoms with Gasteiger partial charge in [-0.05, 0) is 6.07 Å². The topological polar surface area (TPSA) is 22.0 Å². The van der Waals surface area contributed by atoms with Gasteiger partial charge in [0.2, 0.25) is 0 Å². The van der Waals surface area contributed by atoms with E-state index in [2.05, 4.69) is 20.8 Å². The van der Waals surface area contributed by atoms with Crippen LogP contribution in [0.4, 0.5) is 0 Å². The van der Waals surface area contributed by atoms with E-state index < -0.39 is 0 Å². The minimum absolute atomic E-state index is 0.00688. The van der Waals surface area contributed by atoms with Crippen molar-refractivity contribution >= 4 is 11.6 Å². The van der Waals surface area contributed by atoms with E-state index in [9.17, 15) is 4.79 Å². The lowest BCUT2D eigenvalue weighted by Crippen LogP contribution is -2.29. The minimum atomic E-state index is -0.0151. The predicted molar refractivity (Wildman–Crippen MR) is 59.9 cm³/mol. The van der Waals surface area contributed by atoms with Gasteiger partial charge in [0.25, 0.3) is 5.56 Å². The highest BCUT2D eigenvalue weighted by atomic mass is 35.5. The van der Waals surface area contributed by atoms with Gasteiger partial charge in [-0.2, -0.15) is 0 Å². The van der Waals surface area contributed by atoms with Crippen LogP contribution < -0.4 is 5.56 Å². The maximum Gasteiger partial charge on any atom is 0.254 e. The maximum atomic E-state index is 11.7. The molecule has 1 aromatic heterocycles. The highest BCUT2D eigenvalue weighted by Gasteiger charge is 2.17. The van der Waals surface area contributed by atoms with Gasteiger partial charge >= 0.3 is 0 Å². The molecule has 0 aromatic carbocycles. The van der Waals surface area contributed by atoms with Gasteiger partial charge in [0.05, 0.1) is 5.88 Å². The number of hydrogen-bond acceptors (Lipinski definition) is 1. The molecule has 0 saturated heterocycles. The third kappa shape index (κ3) is 2.01. The lowest BCUT2D eigenvalue weighted by atomic mass is 9.91.